The zero-order valence-electron chi connectivity index (χ0n) is 10.5. The van der Waals surface area contributed by atoms with Gasteiger partial charge in [0.2, 0.25) is 0 Å². The molecule has 3 heterocycles. The summed E-state index contributed by atoms with van der Waals surface area (Å²) in [5.41, 5.74) is 0.928. The maximum absolute atomic E-state index is 4.33. The Morgan fingerprint density at radius 3 is 3.11 bits per heavy atom. The normalized spacial score (nSPS) is 21.6. The third-order valence-corrected chi connectivity index (χ3v) is 4.10. The van der Waals surface area contributed by atoms with Gasteiger partial charge in [-0.25, -0.2) is 0 Å². The molecule has 0 bridgehead atoms. The molecule has 96 valence electrons. The van der Waals surface area contributed by atoms with Crippen molar-refractivity contribution in [3.63, 3.8) is 0 Å². The first-order valence-electron chi connectivity index (χ1n) is 6.40. The molecule has 0 saturated carbocycles. The van der Waals surface area contributed by atoms with Gasteiger partial charge in [0.05, 0.1) is 0 Å². The first-order chi connectivity index (χ1) is 8.72. The standard InChI is InChI=1S/C13H17BrN4/c1-17-6-2-3-10(8-17)7-13-16-15-12-5-4-11(14)9-18(12)13/h4-5,9-10H,2-3,6-8H2,1H3. The molecule has 1 saturated heterocycles. The van der Waals surface area contributed by atoms with Gasteiger partial charge in [0, 0.05) is 23.6 Å². The van der Waals surface area contributed by atoms with Crippen molar-refractivity contribution >= 4 is 21.6 Å². The molecule has 5 heteroatoms. The Morgan fingerprint density at radius 1 is 1.39 bits per heavy atom. The predicted molar refractivity (Wildman–Crippen MR) is 74.6 cm³/mol. The molecule has 18 heavy (non-hydrogen) atoms. The zero-order valence-corrected chi connectivity index (χ0v) is 12.1. The molecule has 2 aromatic heterocycles. The summed E-state index contributed by atoms with van der Waals surface area (Å²) in [6, 6.07) is 4.00. The number of nitrogens with zero attached hydrogens (tertiary/aromatic N) is 4. The van der Waals surface area contributed by atoms with E-state index >= 15 is 0 Å². The third kappa shape index (κ3) is 2.42. The van der Waals surface area contributed by atoms with E-state index in [1.165, 1.54) is 25.9 Å². The van der Waals surface area contributed by atoms with E-state index in [0.717, 1.165) is 22.4 Å². The number of pyridine rings is 1. The lowest BCUT2D eigenvalue weighted by Crippen LogP contribution is -2.33. The fourth-order valence-electron chi connectivity index (χ4n) is 2.75. The number of fused-ring (bicyclic) bond motifs is 1. The fourth-order valence-corrected chi connectivity index (χ4v) is 3.09. The highest BCUT2D eigenvalue weighted by molar-refractivity contribution is 9.10. The van der Waals surface area contributed by atoms with Gasteiger partial charge in [-0.15, -0.1) is 10.2 Å². The number of aromatic nitrogens is 3. The Balaban J connectivity index is 1.83. The Bertz CT molecular complexity index is 551. The van der Waals surface area contributed by atoms with E-state index in [4.69, 9.17) is 0 Å². The van der Waals surface area contributed by atoms with Crippen LogP contribution in [-0.2, 0) is 6.42 Å². The van der Waals surface area contributed by atoms with Gasteiger partial charge in [0.1, 0.15) is 5.82 Å². The molecular weight excluding hydrogens is 292 g/mol. The van der Waals surface area contributed by atoms with Gasteiger partial charge >= 0.3 is 0 Å². The van der Waals surface area contributed by atoms with E-state index in [9.17, 15) is 0 Å². The monoisotopic (exact) mass is 308 g/mol. The number of halogens is 1. The van der Waals surface area contributed by atoms with Crippen molar-refractivity contribution in [1.29, 1.82) is 0 Å². The van der Waals surface area contributed by atoms with E-state index in [0.29, 0.717) is 5.92 Å². The number of likely N-dealkylation sites (tertiary alicyclic amines) is 1. The quantitative estimate of drug-likeness (QED) is 0.854. The van der Waals surface area contributed by atoms with Crippen LogP contribution in [0.2, 0.25) is 0 Å². The van der Waals surface area contributed by atoms with Crippen LogP contribution in [0.25, 0.3) is 5.65 Å². The topological polar surface area (TPSA) is 33.4 Å². The van der Waals surface area contributed by atoms with Gasteiger partial charge in [0.15, 0.2) is 5.65 Å². The Kier molecular flexibility index (Phi) is 3.35. The van der Waals surface area contributed by atoms with E-state index in [1.807, 2.05) is 12.1 Å². The van der Waals surface area contributed by atoms with Crippen molar-refractivity contribution < 1.29 is 0 Å². The van der Waals surface area contributed by atoms with Gasteiger partial charge in [-0.1, -0.05) is 0 Å². The smallest absolute Gasteiger partial charge is 0.160 e. The number of hydrogen-bond acceptors (Lipinski definition) is 3. The number of piperidine rings is 1. The summed E-state index contributed by atoms with van der Waals surface area (Å²) in [4.78, 5) is 2.41. The lowest BCUT2D eigenvalue weighted by molar-refractivity contribution is 0.207. The molecule has 0 N–H and O–H groups in total. The van der Waals surface area contributed by atoms with Gasteiger partial charge in [-0.05, 0) is 60.4 Å². The third-order valence-electron chi connectivity index (χ3n) is 3.63. The van der Waals surface area contributed by atoms with Gasteiger partial charge in [0.25, 0.3) is 0 Å². The first kappa shape index (κ1) is 12.1. The molecule has 0 radical (unpaired) electrons. The molecule has 1 aliphatic heterocycles. The minimum atomic E-state index is 0.704. The summed E-state index contributed by atoms with van der Waals surface area (Å²) in [5, 5.41) is 8.55. The molecule has 1 fully saturated rings. The van der Waals surface area contributed by atoms with Crippen LogP contribution in [0.1, 0.15) is 18.7 Å². The van der Waals surface area contributed by atoms with E-state index in [2.05, 4.69) is 48.7 Å². The molecule has 1 atom stereocenters. The largest absolute Gasteiger partial charge is 0.306 e. The Labute approximate surface area is 115 Å². The predicted octanol–water partition coefficient (Wildman–Crippen LogP) is 2.38. The van der Waals surface area contributed by atoms with Crippen LogP contribution in [0.3, 0.4) is 0 Å². The lowest BCUT2D eigenvalue weighted by Gasteiger charge is -2.29. The second-order valence-electron chi connectivity index (χ2n) is 5.17. The summed E-state index contributed by atoms with van der Waals surface area (Å²) in [6.45, 7) is 2.39. The highest BCUT2D eigenvalue weighted by atomic mass is 79.9. The maximum atomic E-state index is 4.33. The summed E-state index contributed by atoms with van der Waals surface area (Å²) in [5.74, 6) is 1.78. The molecule has 0 aromatic carbocycles. The second kappa shape index (κ2) is 4.97. The van der Waals surface area contributed by atoms with E-state index in [-0.39, 0.29) is 0 Å². The molecule has 0 aliphatic carbocycles. The van der Waals surface area contributed by atoms with E-state index in [1.54, 1.807) is 0 Å². The van der Waals surface area contributed by atoms with Crippen LogP contribution in [0.15, 0.2) is 22.8 Å². The summed E-state index contributed by atoms with van der Waals surface area (Å²) in [6.07, 6.45) is 5.66. The summed E-state index contributed by atoms with van der Waals surface area (Å²) >= 11 is 3.50. The van der Waals surface area contributed by atoms with Crippen molar-refractivity contribution in [2.45, 2.75) is 19.3 Å². The van der Waals surface area contributed by atoms with Gasteiger partial charge in [-0.3, -0.25) is 4.40 Å². The van der Waals surface area contributed by atoms with Crippen LogP contribution in [-0.4, -0.2) is 39.6 Å². The van der Waals surface area contributed by atoms with Crippen molar-refractivity contribution in [3.05, 3.63) is 28.6 Å². The average Bonchev–Trinajstić information content (AvgIpc) is 2.72. The minimum Gasteiger partial charge on any atom is -0.306 e. The van der Waals surface area contributed by atoms with Crippen LogP contribution in [0.4, 0.5) is 0 Å². The van der Waals surface area contributed by atoms with Crippen LogP contribution >= 0.6 is 15.9 Å². The number of rotatable bonds is 2. The first-order valence-corrected chi connectivity index (χ1v) is 7.19. The van der Waals surface area contributed by atoms with Gasteiger partial charge < -0.3 is 4.90 Å². The number of hydrogen-bond donors (Lipinski definition) is 0. The van der Waals surface area contributed by atoms with Crippen LogP contribution in [0.5, 0.6) is 0 Å². The van der Waals surface area contributed by atoms with Gasteiger partial charge in [-0.2, -0.15) is 0 Å². The van der Waals surface area contributed by atoms with Crippen molar-refractivity contribution in [2.75, 3.05) is 20.1 Å². The van der Waals surface area contributed by atoms with Crippen molar-refractivity contribution in [2.24, 2.45) is 5.92 Å². The van der Waals surface area contributed by atoms with Crippen molar-refractivity contribution in [1.82, 2.24) is 19.5 Å². The molecule has 2 aromatic rings. The molecule has 4 nitrogen and oxygen atoms in total. The zero-order chi connectivity index (χ0) is 12.5. The molecular formula is C13H17BrN4. The molecule has 1 unspecified atom stereocenters. The SMILES string of the molecule is CN1CCCC(Cc2nnc3ccc(Br)cn23)C1. The maximum Gasteiger partial charge on any atom is 0.160 e. The lowest BCUT2D eigenvalue weighted by atomic mass is 9.95. The second-order valence-corrected chi connectivity index (χ2v) is 6.08. The average molecular weight is 309 g/mol. The van der Waals surface area contributed by atoms with Crippen molar-refractivity contribution in [3.8, 4) is 0 Å². The fraction of sp³-hybridized carbons (Fsp3) is 0.538. The Hall–Kier alpha value is -0.940. The van der Waals surface area contributed by atoms with E-state index < -0.39 is 0 Å². The summed E-state index contributed by atoms with van der Waals surface area (Å²) in [7, 11) is 2.20. The van der Waals surface area contributed by atoms with Crippen LogP contribution < -0.4 is 0 Å². The highest BCUT2D eigenvalue weighted by Gasteiger charge is 2.19. The molecule has 3 rings (SSSR count). The Morgan fingerprint density at radius 2 is 2.28 bits per heavy atom. The highest BCUT2D eigenvalue weighted by Crippen LogP contribution is 2.20. The molecule has 0 spiro atoms. The summed E-state index contributed by atoms with van der Waals surface area (Å²) < 4.78 is 3.16. The molecule has 0 amide bonds. The minimum absolute atomic E-state index is 0.704. The molecule has 1 aliphatic rings. The van der Waals surface area contributed by atoms with Crippen LogP contribution in [0, 0.1) is 5.92 Å².